The highest BCUT2D eigenvalue weighted by Gasteiger charge is 2.45. The number of hydrogen-bond donors (Lipinski definition) is 1. The molecule has 0 radical (unpaired) electrons. The molecule has 2 saturated heterocycles. The van der Waals surface area contributed by atoms with Crippen LogP contribution in [0.4, 0.5) is 0 Å². The first-order valence-electron chi connectivity index (χ1n) is 10.6. The number of benzene rings is 1. The molecule has 6 nitrogen and oxygen atoms in total. The second kappa shape index (κ2) is 8.21. The van der Waals surface area contributed by atoms with Gasteiger partial charge in [-0.3, -0.25) is 14.5 Å². The molecule has 3 aliphatic rings. The van der Waals surface area contributed by atoms with E-state index in [1.807, 2.05) is 9.80 Å². The minimum absolute atomic E-state index is 0.0163. The van der Waals surface area contributed by atoms with Crippen LogP contribution in [0.25, 0.3) is 0 Å². The van der Waals surface area contributed by atoms with Crippen LogP contribution in [0, 0.1) is 6.92 Å². The Morgan fingerprint density at radius 3 is 2.50 bits per heavy atom. The monoisotopic (exact) mass is 384 g/mol. The van der Waals surface area contributed by atoms with Gasteiger partial charge < -0.3 is 15.1 Å². The van der Waals surface area contributed by atoms with Crippen LogP contribution in [0.5, 0.6) is 0 Å². The fourth-order valence-corrected chi connectivity index (χ4v) is 4.68. The molecule has 3 fully saturated rings. The molecule has 2 aliphatic heterocycles. The summed E-state index contributed by atoms with van der Waals surface area (Å²) in [5.41, 5.74) is 2.66. The highest BCUT2D eigenvalue weighted by Crippen LogP contribution is 2.35. The third-order valence-corrected chi connectivity index (χ3v) is 6.50. The van der Waals surface area contributed by atoms with Gasteiger partial charge in [-0.15, -0.1) is 0 Å². The maximum absolute atomic E-state index is 13.2. The van der Waals surface area contributed by atoms with Crippen molar-refractivity contribution in [2.45, 2.75) is 57.8 Å². The largest absolute Gasteiger partial charge is 0.338 e. The number of rotatable bonds is 5. The molecule has 28 heavy (non-hydrogen) atoms. The molecule has 1 aliphatic carbocycles. The number of nitrogens with one attached hydrogen (secondary N) is 1. The second-order valence-corrected chi connectivity index (χ2v) is 8.48. The SMILES string of the molecule is CC(=O)N1CC(N(Cc2ccccc2C)C2CC2)CC1C(=O)N1CCNCC1. The van der Waals surface area contributed by atoms with Gasteiger partial charge in [0.2, 0.25) is 11.8 Å². The van der Waals surface area contributed by atoms with Gasteiger partial charge in [-0.2, -0.15) is 0 Å². The van der Waals surface area contributed by atoms with Crippen molar-refractivity contribution in [1.82, 2.24) is 20.0 Å². The number of carbonyl (C=O) groups is 2. The van der Waals surface area contributed by atoms with Crippen LogP contribution in [0.15, 0.2) is 24.3 Å². The Kier molecular flexibility index (Phi) is 5.69. The number of piperazine rings is 1. The van der Waals surface area contributed by atoms with Gasteiger partial charge in [0.15, 0.2) is 0 Å². The van der Waals surface area contributed by atoms with Crippen molar-refractivity contribution in [3.8, 4) is 0 Å². The van der Waals surface area contributed by atoms with Gasteiger partial charge in [-0.05, 0) is 37.3 Å². The molecule has 4 rings (SSSR count). The van der Waals surface area contributed by atoms with Crippen LogP contribution in [0.3, 0.4) is 0 Å². The molecule has 0 bridgehead atoms. The lowest BCUT2D eigenvalue weighted by Crippen LogP contribution is -2.53. The summed E-state index contributed by atoms with van der Waals surface area (Å²) in [5.74, 6) is 0.147. The molecule has 1 saturated carbocycles. The molecule has 1 aromatic carbocycles. The second-order valence-electron chi connectivity index (χ2n) is 8.48. The van der Waals surface area contributed by atoms with E-state index in [1.165, 1.54) is 24.0 Å². The van der Waals surface area contributed by atoms with E-state index in [0.717, 1.165) is 39.1 Å². The molecule has 152 valence electrons. The van der Waals surface area contributed by atoms with Gasteiger partial charge in [0.25, 0.3) is 0 Å². The quantitative estimate of drug-likeness (QED) is 0.833. The topological polar surface area (TPSA) is 55.9 Å². The van der Waals surface area contributed by atoms with Crippen molar-refractivity contribution in [3.63, 3.8) is 0 Å². The summed E-state index contributed by atoms with van der Waals surface area (Å²) in [4.78, 5) is 31.8. The van der Waals surface area contributed by atoms with Gasteiger partial charge in [0.05, 0.1) is 0 Å². The number of carbonyl (C=O) groups excluding carboxylic acids is 2. The molecule has 2 heterocycles. The first kappa shape index (κ1) is 19.4. The van der Waals surface area contributed by atoms with Crippen molar-refractivity contribution in [1.29, 1.82) is 0 Å². The van der Waals surface area contributed by atoms with E-state index in [0.29, 0.717) is 12.6 Å². The van der Waals surface area contributed by atoms with Gasteiger partial charge in [0, 0.05) is 58.3 Å². The Labute approximate surface area is 167 Å². The number of amides is 2. The van der Waals surface area contributed by atoms with E-state index < -0.39 is 0 Å². The smallest absolute Gasteiger partial charge is 0.245 e. The third kappa shape index (κ3) is 4.08. The lowest BCUT2D eigenvalue weighted by atomic mass is 10.1. The Morgan fingerprint density at radius 1 is 1.14 bits per heavy atom. The lowest BCUT2D eigenvalue weighted by molar-refractivity contribution is -0.143. The summed E-state index contributed by atoms with van der Waals surface area (Å²) in [6, 6.07) is 9.08. The Morgan fingerprint density at radius 2 is 1.86 bits per heavy atom. The zero-order valence-electron chi connectivity index (χ0n) is 17.1. The maximum atomic E-state index is 13.2. The third-order valence-electron chi connectivity index (χ3n) is 6.50. The Hall–Kier alpha value is -1.92. The molecule has 2 atom stereocenters. The van der Waals surface area contributed by atoms with Crippen LogP contribution in [0.2, 0.25) is 0 Å². The first-order valence-corrected chi connectivity index (χ1v) is 10.6. The first-order chi connectivity index (χ1) is 13.5. The minimum atomic E-state index is -0.307. The van der Waals surface area contributed by atoms with Crippen LogP contribution >= 0.6 is 0 Å². The van der Waals surface area contributed by atoms with Crippen molar-refractivity contribution in [3.05, 3.63) is 35.4 Å². The van der Waals surface area contributed by atoms with E-state index in [4.69, 9.17) is 0 Å². The molecular formula is C22H32N4O2. The highest BCUT2D eigenvalue weighted by atomic mass is 16.2. The maximum Gasteiger partial charge on any atom is 0.245 e. The van der Waals surface area contributed by atoms with Gasteiger partial charge >= 0.3 is 0 Å². The normalized spacial score (nSPS) is 25.4. The number of hydrogen-bond acceptors (Lipinski definition) is 4. The van der Waals surface area contributed by atoms with Crippen LogP contribution in [-0.4, -0.2) is 77.4 Å². The molecule has 1 N–H and O–H groups in total. The van der Waals surface area contributed by atoms with Crippen molar-refractivity contribution >= 4 is 11.8 Å². The van der Waals surface area contributed by atoms with E-state index in [1.54, 1.807) is 6.92 Å². The summed E-state index contributed by atoms with van der Waals surface area (Å²) in [6.07, 6.45) is 3.20. The number of aryl methyl sites for hydroxylation is 1. The zero-order valence-corrected chi connectivity index (χ0v) is 17.1. The molecule has 2 unspecified atom stereocenters. The fourth-order valence-electron chi connectivity index (χ4n) is 4.68. The Bertz CT molecular complexity index is 727. The van der Waals surface area contributed by atoms with Crippen LogP contribution in [-0.2, 0) is 16.1 Å². The summed E-state index contributed by atoms with van der Waals surface area (Å²) < 4.78 is 0. The van der Waals surface area contributed by atoms with Crippen molar-refractivity contribution in [2.24, 2.45) is 0 Å². The summed E-state index contributed by atoms with van der Waals surface area (Å²) in [5, 5.41) is 3.29. The molecule has 0 spiro atoms. The molecule has 2 amide bonds. The zero-order chi connectivity index (χ0) is 19.7. The summed E-state index contributed by atoms with van der Waals surface area (Å²) in [7, 11) is 0. The van der Waals surface area contributed by atoms with Gasteiger partial charge in [0.1, 0.15) is 6.04 Å². The van der Waals surface area contributed by atoms with Crippen molar-refractivity contribution < 1.29 is 9.59 Å². The lowest BCUT2D eigenvalue weighted by Gasteiger charge is -2.32. The number of likely N-dealkylation sites (tertiary alicyclic amines) is 1. The minimum Gasteiger partial charge on any atom is -0.338 e. The van der Waals surface area contributed by atoms with E-state index in [9.17, 15) is 9.59 Å². The highest BCUT2D eigenvalue weighted by molar-refractivity contribution is 5.87. The molecular weight excluding hydrogens is 352 g/mol. The van der Waals surface area contributed by atoms with E-state index in [-0.39, 0.29) is 23.9 Å². The van der Waals surface area contributed by atoms with Crippen LogP contribution < -0.4 is 5.32 Å². The van der Waals surface area contributed by atoms with E-state index >= 15 is 0 Å². The fraction of sp³-hybridized carbons (Fsp3) is 0.636. The van der Waals surface area contributed by atoms with Gasteiger partial charge in [-0.25, -0.2) is 0 Å². The molecule has 0 aromatic heterocycles. The predicted octanol–water partition coefficient (Wildman–Crippen LogP) is 1.38. The van der Waals surface area contributed by atoms with E-state index in [2.05, 4.69) is 41.4 Å². The van der Waals surface area contributed by atoms with Crippen LogP contribution in [0.1, 0.15) is 37.3 Å². The predicted molar refractivity (Wildman–Crippen MR) is 109 cm³/mol. The Balaban J connectivity index is 1.51. The average Bonchev–Trinajstić information content (AvgIpc) is 3.44. The molecule has 6 heteroatoms. The molecule has 1 aromatic rings. The summed E-state index contributed by atoms with van der Waals surface area (Å²) >= 11 is 0. The average molecular weight is 385 g/mol. The summed E-state index contributed by atoms with van der Waals surface area (Å²) in [6.45, 7) is 8.48. The standard InChI is InChI=1S/C22H32N4O2/c1-16-5-3-4-6-18(16)14-26(19-7-8-19)20-13-21(25(15-20)17(2)27)22(28)24-11-9-23-10-12-24/h3-6,19-21,23H,7-15H2,1-2H3. The number of nitrogens with zero attached hydrogens (tertiary/aromatic N) is 3. The van der Waals surface area contributed by atoms with Gasteiger partial charge in [-0.1, -0.05) is 24.3 Å². The van der Waals surface area contributed by atoms with Crippen molar-refractivity contribution in [2.75, 3.05) is 32.7 Å².